The summed E-state index contributed by atoms with van der Waals surface area (Å²) in [7, 11) is 0. The van der Waals surface area contributed by atoms with E-state index in [9.17, 15) is 20.4 Å². The zero-order valence-corrected chi connectivity index (χ0v) is 19.8. The van der Waals surface area contributed by atoms with Gasteiger partial charge in [-0.15, -0.1) is 0 Å². The van der Waals surface area contributed by atoms with E-state index in [1.807, 2.05) is 12.1 Å². The fourth-order valence-electron chi connectivity index (χ4n) is 7.68. The molecule has 4 heterocycles. The number of hydrogen-bond acceptors (Lipinski definition) is 6. The van der Waals surface area contributed by atoms with E-state index in [2.05, 4.69) is 9.80 Å². The summed E-state index contributed by atoms with van der Waals surface area (Å²) in [5.41, 5.74) is 2.40. The molecule has 2 aromatic rings. The van der Waals surface area contributed by atoms with Crippen molar-refractivity contribution in [3.63, 3.8) is 0 Å². The molecule has 6 rings (SSSR count). The Bertz CT molecular complexity index is 981. The van der Waals surface area contributed by atoms with Crippen LogP contribution in [0, 0.1) is 0 Å². The van der Waals surface area contributed by atoms with Gasteiger partial charge in [0.2, 0.25) is 0 Å². The maximum absolute atomic E-state index is 10.1. The molecule has 6 heteroatoms. The summed E-state index contributed by atoms with van der Waals surface area (Å²) in [5.74, 6) is -0.121. The molecule has 6 unspecified atom stereocenters. The highest BCUT2D eigenvalue weighted by Crippen LogP contribution is 2.60. The Labute approximate surface area is 201 Å². The smallest absolute Gasteiger partial charge is 0.157 e. The molecule has 0 radical (unpaired) electrons. The lowest BCUT2D eigenvalue weighted by molar-refractivity contribution is 0.359. The highest BCUT2D eigenvalue weighted by Gasteiger charge is 2.65. The second kappa shape index (κ2) is 8.06. The Morgan fingerprint density at radius 1 is 0.618 bits per heavy atom. The molecule has 6 nitrogen and oxygen atoms in total. The summed E-state index contributed by atoms with van der Waals surface area (Å²) in [5, 5.41) is 39.6. The van der Waals surface area contributed by atoms with Crippen LogP contribution in [-0.4, -0.2) is 55.4 Å². The minimum absolute atomic E-state index is 0.0152. The van der Waals surface area contributed by atoms with Gasteiger partial charge in [-0.25, -0.2) is 0 Å². The van der Waals surface area contributed by atoms with Crippen molar-refractivity contribution in [3.05, 3.63) is 47.5 Å². The molecular formula is C28H36N2O4. The van der Waals surface area contributed by atoms with Gasteiger partial charge >= 0.3 is 0 Å². The number of benzene rings is 2. The molecule has 0 amide bonds. The van der Waals surface area contributed by atoms with E-state index in [4.69, 9.17) is 0 Å². The standard InChI is InChI=1S/C28H36N2O4/c31-21-11-9-19(17-23(21)33)27(25-7-5-15-29(25)27)13-3-1-2-4-14-28(26-8-6-16-30(26)28)20-10-12-22(32)24(34)18-20/h9-12,17-18,25-26,31-34H,1-8,13-16H2. The number of rotatable bonds is 9. The number of hydrogen-bond donors (Lipinski definition) is 4. The maximum Gasteiger partial charge on any atom is 0.157 e. The maximum atomic E-state index is 10.1. The van der Waals surface area contributed by atoms with Crippen molar-refractivity contribution in [2.24, 2.45) is 0 Å². The van der Waals surface area contributed by atoms with Crippen LogP contribution in [0.15, 0.2) is 36.4 Å². The van der Waals surface area contributed by atoms with Crippen LogP contribution in [0.1, 0.15) is 75.3 Å². The molecule has 0 spiro atoms. The van der Waals surface area contributed by atoms with Crippen LogP contribution in [0.3, 0.4) is 0 Å². The molecule has 0 aliphatic carbocycles. The van der Waals surface area contributed by atoms with Gasteiger partial charge in [0.15, 0.2) is 23.0 Å². The highest BCUT2D eigenvalue weighted by molar-refractivity contribution is 5.48. The molecule has 4 fully saturated rings. The van der Waals surface area contributed by atoms with Crippen molar-refractivity contribution in [2.45, 2.75) is 87.4 Å². The predicted octanol–water partition coefficient (Wildman–Crippen LogP) is 4.90. The zero-order chi connectivity index (χ0) is 23.5. The normalized spacial score (nSPS) is 35.2. The van der Waals surface area contributed by atoms with Crippen LogP contribution >= 0.6 is 0 Å². The second-order valence-electron chi connectivity index (χ2n) is 10.9. The van der Waals surface area contributed by atoms with Crippen molar-refractivity contribution < 1.29 is 20.4 Å². The summed E-state index contributed by atoms with van der Waals surface area (Å²) in [6.07, 6.45) is 11.9. The first-order chi connectivity index (χ1) is 16.5. The average Bonchev–Trinajstić information content (AvgIpc) is 3.34. The number of aromatic hydroxyl groups is 4. The highest BCUT2D eigenvalue weighted by atomic mass is 16.3. The molecule has 4 N–H and O–H groups in total. The molecular weight excluding hydrogens is 428 g/mol. The lowest BCUT2D eigenvalue weighted by Crippen LogP contribution is -2.20. The molecule has 182 valence electrons. The number of piperidine rings is 2. The van der Waals surface area contributed by atoms with Crippen LogP contribution in [0.5, 0.6) is 23.0 Å². The van der Waals surface area contributed by atoms with Crippen molar-refractivity contribution in [2.75, 3.05) is 13.1 Å². The molecule has 4 aliphatic heterocycles. The van der Waals surface area contributed by atoms with Crippen LogP contribution in [0.4, 0.5) is 0 Å². The zero-order valence-electron chi connectivity index (χ0n) is 19.8. The van der Waals surface area contributed by atoms with E-state index in [1.54, 1.807) is 24.3 Å². The number of phenols is 4. The molecule has 0 saturated carbocycles. The summed E-state index contributed by atoms with van der Waals surface area (Å²) in [6.45, 7) is 2.26. The van der Waals surface area contributed by atoms with Crippen LogP contribution in [0.25, 0.3) is 0 Å². The van der Waals surface area contributed by atoms with E-state index in [-0.39, 0.29) is 34.1 Å². The van der Waals surface area contributed by atoms with E-state index < -0.39 is 0 Å². The quantitative estimate of drug-likeness (QED) is 0.240. The lowest BCUT2D eigenvalue weighted by atomic mass is 9.85. The van der Waals surface area contributed by atoms with Gasteiger partial charge in [0.25, 0.3) is 0 Å². The minimum atomic E-state index is -0.0452. The van der Waals surface area contributed by atoms with Gasteiger partial charge in [0, 0.05) is 12.1 Å². The largest absolute Gasteiger partial charge is 0.504 e. The lowest BCUT2D eigenvalue weighted by Gasteiger charge is -2.22. The molecule has 34 heavy (non-hydrogen) atoms. The first-order valence-electron chi connectivity index (χ1n) is 13.1. The third kappa shape index (κ3) is 3.22. The summed E-state index contributed by atoms with van der Waals surface area (Å²) < 4.78 is 0. The minimum Gasteiger partial charge on any atom is -0.504 e. The van der Waals surface area contributed by atoms with Gasteiger partial charge < -0.3 is 20.4 Å². The van der Waals surface area contributed by atoms with E-state index >= 15 is 0 Å². The van der Waals surface area contributed by atoms with Crippen LogP contribution < -0.4 is 0 Å². The summed E-state index contributed by atoms with van der Waals surface area (Å²) >= 11 is 0. The SMILES string of the molecule is Oc1ccc(C2(CCCCCCC3(c4ccc(O)c(O)c4)C4CCCN43)C3CCCN32)cc1O. The Balaban J connectivity index is 1.06. The fourth-order valence-corrected chi connectivity index (χ4v) is 7.68. The van der Waals surface area contributed by atoms with Crippen molar-refractivity contribution in [1.82, 2.24) is 9.80 Å². The third-order valence-electron chi connectivity index (χ3n) is 9.31. The van der Waals surface area contributed by atoms with Gasteiger partial charge in [-0.2, -0.15) is 0 Å². The predicted molar refractivity (Wildman–Crippen MR) is 130 cm³/mol. The van der Waals surface area contributed by atoms with Gasteiger partial charge in [0.05, 0.1) is 11.1 Å². The van der Waals surface area contributed by atoms with Crippen molar-refractivity contribution in [3.8, 4) is 23.0 Å². The Morgan fingerprint density at radius 3 is 1.41 bits per heavy atom. The molecule has 0 bridgehead atoms. The molecule has 6 atom stereocenters. The Morgan fingerprint density at radius 2 is 1.06 bits per heavy atom. The molecule has 2 aromatic carbocycles. The van der Waals surface area contributed by atoms with Crippen LogP contribution in [0.2, 0.25) is 0 Å². The van der Waals surface area contributed by atoms with E-state index in [0.717, 1.165) is 49.9 Å². The Kier molecular flexibility index (Phi) is 5.23. The summed E-state index contributed by atoms with van der Waals surface area (Å²) in [6, 6.07) is 11.9. The van der Waals surface area contributed by atoms with Crippen LogP contribution in [-0.2, 0) is 11.1 Å². The van der Waals surface area contributed by atoms with E-state index in [0.29, 0.717) is 12.1 Å². The van der Waals surface area contributed by atoms with Gasteiger partial charge in [-0.3, -0.25) is 9.80 Å². The number of fused-ring (bicyclic) bond motifs is 2. The monoisotopic (exact) mass is 464 g/mol. The van der Waals surface area contributed by atoms with Gasteiger partial charge in [-0.1, -0.05) is 37.8 Å². The average molecular weight is 465 g/mol. The number of phenolic OH excluding ortho intramolecular Hbond substituents is 4. The van der Waals surface area contributed by atoms with Gasteiger partial charge in [0.1, 0.15) is 0 Å². The topological polar surface area (TPSA) is 86.9 Å². The van der Waals surface area contributed by atoms with Crippen molar-refractivity contribution >= 4 is 0 Å². The van der Waals surface area contributed by atoms with Gasteiger partial charge in [-0.05, 0) is 87.0 Å². The number of nitrogens with zero attached hydrogens (tertiary/aromatic N) is 2. The first-order valence-corrected chi connectivity index (χ1v) is 13.1. The Hall–Kier alpha value is -2.44. The third-order valence-corrected chi connectivity index (χ3v) is 9.31. The first kappa shape index (κ1) is 22.1. The van der Waals surface area contributed by atoms with Crippen molar-refractivity contribution in [1.29, 1.82) is 0 Å². The number of unbranched alkanes of at least 4 members (excludes halogenated alkanes) is 3. The molecule has 4 saturated heterocycles. The van der Waals surface area contributed by atoms with E-state index in [1.165, 1.54) is 38.5 Å². The molecule has 0 aromatic heterocycles. The summed E-state index contributed by atoms with van der Waals surface area (Å²) in [4.78, 5) is 5.17. The second-order valence-corrected chi connectivity index (χ2v) is 10.9. The fraction of sp³-hybridized carbons (Fsp3) is 0.571. The molecule has 4 aliphatic rings.